The molecule has 6 nitrogen and oxygen atoms in total. The summed E-state index contributed by atoms with van der Waals surface area (Å²) in [5.41, 5.74) is 3.25. The van der Waals surface area contributed by atoms with E-state index in [9.17, 15) is 14.4 Å². The first kappa shape index (κ1) is 18.4. The first-order valence-electron chi connectivity index (χ1n) is 8.32. The Morgan fingerprint density at radius 3 is 2.89 bits per heavy atom. The van der Waals surface area contributed by atoms with E-state index in [2.05, 4.69) is 22.3 Å². The van der Waals surface area contributed by atoms with Crippen LogP contribution in [0.2, 0.25) is 0 Å². The van der Waals surface area contributed by atoms with Crippen molar-refractivity contribution in [1.29, 1.82) is 0 Å². The van der Waals surface area contributed by atoms with E-state index in [-0.39, 0.29) is 18.5 Å². The number of hydrogen-bond donors (Lipinski definition) is 2. The molecule has 1 heterocycles. The summed E-state index contributed by atoms with van der Waals surface area (Å²) in [4.78, 5) is 16.7. The molecule has 0 spiro atoms. The van der Waals surface area contributed by atoms with Crippen LogP contribution >= 0.6 is 0 Å². The van der Waals surface area contributed by atoms with E-state index in [4.69, 9.17) is 4.84 Å². The van der Waals surface area contributed by atoms with E-state index in [1.807, 2.05) is 24.3 Å². The van der Waals surface area contributed by atoms with Crippen LogP contribution in [0.5, 0.6) is 0 Å². The molecule has 2 aromatic carbocycles. The molecule has 0 radical (unpaired) electrons. The SMILES string of the molecule is CNC(=O)N(O)CC#Cc1cccc(C2=NOC(c3ccc(F)cc3)C2)c1. The van der Waals surface area contributed by atoms with Crippen LogP contribution in [0.3, 0.4) is 0 Å². The lowest BCUT2D eigenvalue weighted by atomic mass is 9.99. The zero-order chi connectivity index (χ0) is 19.2. The van der Waals surface area contributed by atoms with Gasteiger partial charge in [0.15, 0.2) is 6.10 Å². The van der Waals surface area contributed by atoms with Crippen LogP contribution in [0.4, 0.5) is 9.18 Å². The Hall–Kier alpha value is -3.37. The van der Waals surface area contributed by atoms with Gasteiger partial charge in [-0.3, -0.25) is 5.21 Å². The van der Waals surface area contributed by atoms with Gasteiger partial charge in [-0.15, -0.1) is 0 Å². The average Bonchev–Trinajstić information content (AvgIpc) is 3.18. The number of carbonyl (C=O) groups excluding carboxylic acids is 1. The number of carbonyl (C=O) groups is 1. The van der Waals surface area contributed by atoms with E-state index in [1.54, 1.807) is 12.1 Å². The molecular formula is C20H18FN3O3. The minimum absolute atomic E-state index is 0.111. The number of amides is 2. The molecule has 3 rings (SSSR count). The second kappa shape index (κ2) is 8.34. The van der Waals surface area contributed by atoms with Gasteiger partial charge in [-0.1, -0.05) is 41.3 Å². The standard InChI is InChI=1S/C20H18FN3O3/c1-22-20(25)24(26)11-3-5-14-4-2-6-16(12-14)18-13-19(27-23-18)15-7-9-17(21)10-8-15/h2,4,6-10,12,19,26H,11,13H2,1H3,(H,22,25). The normalized spacial score (nSPS) is 15.2. The molecule has 27 heavy (non-hydrogen) atoms. The summed E-state index contributed by atoms with van der Waals surface area (Å²) in [6.07, 6.45) is 0.328. The van der Waals surface area contributed by atoms with Gasteiger partial charge in [0.2, 0.25) is 0 Å². The summed E-state index contributed by atoms with van der Waals surface area (Å²) in [5.74, 6) is 5.34. The van der Waals surface area contributed by atoms with Crippen LogP contribution in [0, 0.1) is 17.7 Å². The van der Waals surface area contributed by atoms with Gasteiger partial charge in [-0.05, 0) is 29.8 Å². The molecule has 1 aliphatic rings. The predicted molar refractivity (Wildman–Crippen MR) is 97.6 cm³/mol. The predicted octanol–water partition coefficient (Wildman–Crippen LogP) is 3.07. The van der Waals surface area contributed by atoms with Gasteiger partial charge >= 0.3 is 6.03 Å². The second-order valence-electron chi connectivity index (χ2n) is 5.88. The third kappa shape index (κ3) is 4.63. The summed E-state index contributed by atoms with van der Waals surface area (Å²) in [7, 11) is 1.42. The van der Waals surface area contributed by atoms with E-state index in [1.165, 1.54) is 19.2 Å². The fourth-order valence-electron chi connectivity index (χ4n) is 2.60. The van der Waals surface area contributed by atoms with E-state index >= 15 is 0 Å². The van der Waals surface area contributed by atoms with Crippen LogP contribution in [0.1, 0.15) is 29.2 Å². The highest BCUT2D eigenvalue weighted by Gasteiger charge is 2.23. The number of oxime groups is 1. The van der Waals surface area contributed by atoms with Crippen molar-refractivity contribution in [2.24, 2.45) is 5.16 Å². The topological polar surface area (TPSA) is 74.2 Å². The molecule has 0 saturated carbocycles. The molecule has 0 fully saturated rings. The minimum atomic E-state index is -0.623. The lowest BCUT2D eigenvalue weighted by Crippen LogP contribution is -2.35. The molecule has 2 N–H and O–H groups in total. The largest absolute Gasteiger partial charge is 0.387 e. The number of rotatable bonds is 3. The van der Waals surface area contributed by atoms with Gasteiger partial charge in [0.1, 0.15) is 12.4 Å². The second-order valence-corrected chi connectivity index (χ2v) is 5.88. The number of hydroxylamine groups is 2. The maximum absolute atomic E-state index is 13.1. The summed E-state index contributed by atoms with van der Waals surface area (Å²) in [6, 6.07) is 13.0. The first-order valence-corrected chi connectivity index (χ1v) is 8.32. The molecule has 2 amide bonds. The average molecular weight is 367 g/mol. The molecule has 0 saturated heterocycles. The van der Waals surface area contributed by atoms with Crippen LogP contribution in [0.25, 0.3) is 0 Å². The van der Waals surface area contributed by atoms with E-state index < -0.39 is 6.03 Å². The Kier molecular flexibility index (Phi) is 5.69. The Balaban J connectivity index is 1.66. The molecule has 7 heteroatoms. The zero-order valence-electron chi connectivity index (χ0n) is 14.6. The van der Waals surface area contributed by atoms with E-state index in [0.717, 1.165) is 22.4 Å². The zero-order valence-corrected chi connectivity index (χ0v) is 14.6. The summed E-state index contributed by atoms with van der Waals surface area (Å²) in [5, 5.41) is 16.4. The highest BCUT2D eigenvalue weighted by Crippen LogP contribution is 2.29. The van der Waals surface area contributed by atoms with Gasteiger partial charge in [-0.2, -0.15) is 5.06 Å². The first-order chi connectivity index (χ1) is 13.1. The van der Waals surface area contributed by atoms with Gasteiger partial charge in [0, 0.05) is 24.6 Å². The number of halogens is 1. The van der Waals surface area contributed by atoms with Crippen LogP contribution in [0.15, 0.2) is 53.7 Å². The van der Waals surface area contributed by atoms with Crippen molar-refractivity contribution in [2.75, 3.05) is 13.6 Å². The summed E-state index contributed by atoms with van der Waals surface area (Å²) >= 11 is 0. The van der Waals surface area contributed by atoms with Gasteiger partial charge < -0.3 is 10.2 Å². The molecule has 1 unspecified atom stereocenters. The number of benzene rings is 2. The fraction of sp³-hybridized carbons (Fsp3) is 0.200. The third-order valence-corrected chi connectivity index (χ3v) is 4.02. The molecule has 1 aliphatic heterocycles. The lowest BCUT2D eigenvalue weighted by Gasteiger charge is -2.09. The molecule has 2 aromatic rings. The molecule has 138 valence electrons. The summed E-state index contributed by atoms with van der Waals surface area (Å²) in [6.45, 7) is -0.111. The molecule has 0 aliphatic carbocycles. The molecule has 0 bridgehead atoms. The number of hydrogen-bond acceptors (Lipinski definition) is 4. The van der Waals surface area contributed by atoms with Crippen LogP contribution < -0.4 is 5.32 Å². The van der Waals surface area contributed by atoms with Crippen molar-refractivity contribution in [2.45, 2.75) is 12.5 Å². The van der Waals surface area contributed by atoms with Gasteiger partial charge in [0.05, 0.1) is 5.71 Å². The Labute approximate surface area is 156 Å². The monoisotopic (exact) mass is 367 g/mol. The Morgan fingerprint density at radius 2 is 2.15 bits per heavy atom. The fourth-order valence-corrected chi connectivity index (χ4v) is 2.60. The lowest BCUT2D eigenvalue weighted by molar-refractivity contribution is -0.0301. The number of nitrogens with one attached hydrogen (secondary N) is 1. The molecular weight excluding hydrogens is 349 g/mol. The molecule has 0 aromatic heterocycles. The number of urea groups is 1. The van der Waals surface area contributed by atoms with Crippen molar-refractivity contribution in [3.05, 3.63) is 71.0 Å². The van der Waals surface area contributed by atoms with Crippen LogP contribution in [-0.4, -0.2) is 35.6 Å². The minimum Gasteiger partial charge on any atom is -0.387 e. The Bertz CT molecular complexity index is 916. The summed E-state index contributed by atoms with van der Waals surface area (Å²) < 4.78 is 13.1. The quantitative estimate of drug-likeness (QED) is 0.497. The van der Waals surface area contributed by atoms with Crippen LogP contribution in [-0.2, 0) is 4.84 Å². The van der Waals surface area contributed by atoms with Crippen molar-refractivity contribution in [3.63, 3.8) is 0 Å². The van der Waals surface area contributed by atoms with Crippen molar-refractivity contribution < 1.29 is 19.2 Å². The van der Waals surface area contributed by atoms with Crippen molar-refractivity contribution >= 4 is 11.7 Å². The maximum Gasteiger partial charge on any atom is 0.341 e. The highest BCUT2D eigenvalue weighted by molar-refractivity contribution is 6.01. The third-order valence-electron chi connectivity index (χ3n) is 4.02. The van der Waals surface area contributed by atoms with Gasteiger partial charge in [0.25, 0.3) is 0 Å². The van der Waals surface area contributed by atoms with E-state index in [0.29, 0.717) is 11.5 Å². The Morgan fingerprint density at radius 1 is 1.37 bits per heavy atom. The number of nitrogens with zero attached hydrogens (tertiary/aromatic N) is 2. The van der Waals surface area contributed by atoms with Crippen molar-refractivity contribution in [3.8, 4) is 11.8 Å². The highest BCUT2D eigenvalue weighted by atomic mass is 19.1. The molecule has 1 atom stereocenters. The van der Waals surface area contributed by atoms with Crippen molar-refractivity contribution in [1.82, 2.24) is 10.4 Å². The van der Waals surface area contributed by atoms with Gasteiger partial charge in [-0.25, -0.2) is 9.18 Å². The maximum atomic E-state index is 13.1. The smallest absolute Gasteiger partial charge is 0.341 e.